The number of thiophene rings is 1. The summed E-state index contributed by atoms with van der Waals surface area (Å²) in [5.41, 5.74) is 1.58. The Kier molecular flexibility index (Phi) is 6.70. The van der Waals surface area contributed by atoms with Crippen molar-refractivity contribution in [2.75, 3.05) is 11.1 Å². The van der Waals surface area contributed by atoms with Gasteiger partial charge in [-0.15, -0.1) is 21.5 Å². The number of nitrogens with two attached hydrogens (primary N) is 1. The van der Waals surface area contributed by atoms with Crippen LogP contribution in [0.25, 0.3) is 10.7 Å². The lowest BCUT2D eigenvalue weighted by Gasteiger charge is -2.10. The van der Waals surface area contributed by atoms with Crippen LogP contribution in [0.1, 0.15) is 5.56 Å². The molecule has 0 aliphatic rings. The van der Waals surface area contributed by atoms with Gasteiger partial charge in [0.25, 0.3) is 0 Å². The van der Waals surface area contributed by atoms with E-state index in [1.54, 1.807) is 11.3 Å². The molecule has 2 aromatic carbocycles. The number of carbonyl (C=O) groups is 1. The molecule has 0 aliphatic carbocycles. The molecule has 2 heterocycles. The number of nitrogens with one attached hydrogen (secondary N) is 1. The molecular formula is C21H19N5O3S3. The molecule has 11 heteroatoms. The summed E-state index contributed by atoms with van der Waals surface area (Å²) in [5, 5.41) is 19.1. The van der Waals surface area contributed by atoms with Gasteiger partial charge in [-0.1, -0.05) is 48.2 Å². The van der Waals surface area contributed by atoms with E-state index < -0.39 is 10.0 Å². The minimum absolute atomic E-state index is 0.0139. The number of aromatic nitrogens is 3. The van der Waals surface area contributed by atoms with Crippen molar-refractivity contribution < 1.29 is 13.2 Å². The van der Waals surface area contributed by atoms with Crippen LogP contribution in [0.15, 0.2) is 82.2 Å². The lowest BCUT2D eigenvalue weighted by molar-refractivity contribution is -0.113. The first-order valence-corrected chi connectivity index (χ1v) is 12.9. The first kappa shape index (κ1) is 22.2. The Labute approximate surface area is 193 Å². The van der Waals surface area contributed by atoms with Crippen LogP contribution in [0.2, 0.25) is 0 Å². The van der Waals surface area contributed by atoms with Crippen molar-refractivity contribution in [1.29, 1.82) is 0 Å². The van der Waals surface area contributed by atoms with Crippen LogP contribution in [-0.4, -0.2) is 34.8 Å². The van der Waals surface area contributed by atoms with Crippen LogP contribution >= 0.6 is 23.1 Å². The normalized spacial score (nSPS) is 11.4. The molecule has 3 N–H and O–H groups in total. The molecule has 8 nitrogen and oxygen atoms in total. The van der Waals surface area contributed by atoms with Gasteiger partial charge in [0.2, 0.25) is 15.9 Å². The van der Waals surface area contributed by atoms with Gasteiger partial charge >= 0.3 is 0 Å². The van der Waals surface area contributed by atoms with Gasteiger partial charge in [-0.2, -0.15) is 0 Å². The number of benzene rings is 2. The van der Waals surface area contributed by atoms with Crippen LogP contribution in [0.4, 0.5) is 5.69 Å². The van der Waals surface area contributed by atoms with Crippen molar-refractivity contribution in [2.45, 2.75) is 16.6 Å². The summed E-state index contributed by atoms with van der Waals surface area (Å²) in [6.07, 6.45) is 0. The van der Waals surface area contributed by atoms with E-state index in [1.807, 2.05) is 52.4 Å². The molecule has 2 aromatic heterocycles. The second-order valence-electron chi connectivity index (χ2n) is 6.76. The van der Waals surface area contributed by atoms with Crippen LogP contribution in [0.3, 0.4) is 0 Å². The number of thioether (sulfide) groups is 1. The molecule has 0 radical (unpaired) electrons. The van der Waals surface area contributed by atoms with E-state index in [-0.39, 0.29) is 16.6 Å². The molecule has 0 saturated carbocycles. The van der Waals surface area contributed by atoms with Crippen molar-refractivity contribution in [2.24, 2.45) is 5.14 Å². The third-order valence-corrected chi connectivity index (χ3v) is 7.20. The van der Waals surface area contributed by atoms with Crippen LogP contribution < -0.4 is 10.5 Å². The van der Waals surface area contributed by atoms with Gasteiger partial charge in [0, 0.05) is 5.69 Å². The van der Waals surface area contributed by atoms with Gasteiger partial charge in [0.1, 0.15) is 0 Å². The van der Waals surface area contributed by atoms with Crippen molar-refractivity contribution in [3.8, 4) is 10.7 Å². The van der Waals surface area contributed by atoms with Gasteiger partial charge in [-0.3, -0.25) is 9.36 Å². The van der Waals surface area contributed by atoms with E-state index in [4.69, 9.17) is 5.14 Å². The minimum atomic E-state index is -3.78. The maximum absolute atomic E-state index is 12.4. The number of sulfonamides is 1. The topological polar surface area (TPSA) is 120 Å². The highest BCUT2D eigenvalue weighted by Crippen LogP contribution is 2.28. The predicted octanol–water partition coefficient (Wildman–Crippen LogP) is 3.43. The molecule has 0 fully saturated rings. The number of amides is 1. The van der Waals surface area contributed by atoms with Gasteiger partial charge in [0.05, 0.1) is 22.1 Å². The lowest BCUT2D eigenvalue weighted by atomic mass is 10.2. The Balaban J connectivity index is 1.47. The van der Waals surface area contributed by atoms with Gasteiger partial charge in [-0.25, -0.2) is 13.6 Å². The fourth-order valence-electron chi connectivity index (χ4n) is 2.95. The van der Waals surface area contributed by atoms with Crippen molar-refractivity contribution in [1.82, 2.24) is 14.8 Å². The van der Waals surface area contributed by atoms with Crippen molar-refractivity contribution >= 4 is 44.7 Å². The minimum Gasteiger partial charge on any atom is -0.325 e. The number of nitrogens with zero attached hydrogens (tertiary/aromatic N) is 3. The summed E-state index contributed by atoms with van der Waals surface area (Å²) in [6, 6.07) is 19.6. The van der Waals surface area contributed by atoms with Gasteiger partial charge < -0.3 is 5.32 Å². The predicted molar refractivity (Wildman–Crippen MR) is 126 cm³/mol. The standard InChI is InChI=1S/C21H19N5O3S3/c22-32(28,29)17-10-8-16(9-11-17)23-19(27)14-31-21-25-24-20(18-7-4-12-30-18)26(21)13-15-5-2-1-3-6-15/h1-12H,13-14H2,(H,23,27)(H2,22,28,29). The average Bonchev–Trinajstić information content (AvgIpc) is 3.43. The highest BCUT2D eigenvalue weighted by molar-refractivity contribution is 7.99. The van der Waals surface area contributed by atoms with E-state index in [1.165, 1.54) is 36.0 Å². The average molecular weight is 486 g/mol. The Bertz CT molecular complexity index is 1300. The van der Waals surface area contributed by atoms with Crippen LogP contribution in [-0.2, 0) is 21.4 Å². The second kappa shape index (κ2) is 9.65. The summed E-state index contributed by atoms with van der Waals surface area (Å²) in [6.45, 7) is 0.583. The molecule has 0 bridgehead atoms. The molecule has 0 saturated heterocycles. The highest BCUT2D eigenvalue weighted by Gasteiger charge is 2.17. The molecular weight excluding hydrogens is 466 g/mol. The van der Waals surface area contributed by atoms with E-state index in [0.29, 0.717) is 17.4 Å². The smallest absolute Gasteiger partial charge is 0.238 e. The highest BCUT2D eigenvalue weighted by atomic mass is 32.2. The SMILES string of the molecule is NS(=O)(=O)c1ccc(NC(=O)CSc2nnc(-c3cccs3)n2Cc2ccccc2)cc1. The number of hydrogen-bond acceptors (Lipinski definition) is 7. The molecule has 0 spiro atoms. The number of anilines is 1. The first-order chi connectivity index (χ1) is 15.4. The summed E-state index contributed by atoms with van der Waals surface area (Å²) in [4.78, 5) is 13.4. The molecule has 4 aromatic rings. The summed E-state index contributed by atoms with van der Waals surface area (Å²) >= 11 is 2.86. The third-order valence-electron chi connectivity index (χ3n) is 4.44. The largest absolute Gasteiger partial charge is 0.325 e. The zero-order valence-corrected chi connectivity index (χ0v) is 19.2. The number of rotatable bonds is 8. The van der Waals surface area contributed by atoms with Crippen molar-refractivity contribution in [3.05, 3.63) is 77.7 Å². The summed E-state index contributed by atoms with van der Waals surface area (Å²) in [7, 11) is -3.78. The van der Waals surface area contributed by atoms with E-state index in [9.17, 15) is 13.2 Å². The fourth-order valence-corrected chi connectivity index (χ4v) is 4.92. The van der Waals surface area contributed by atoms with E-state index in [2.05, 4.69) is 15.5 Å². The fraction of sp³-hybridized carbons (Fsp3) is 0.0952. The van der Waals surface area contributed by atoms with Crippen LogP contribution in [0.5, 0.6) is 0 Å². The third kappa shape index (κ3) is 5.43. The molecule has 4 rings (SSSR count). The Morgan fingerprint density at radius 3 is 2.44 bits per heavy atom. The Hall–Kier alpha value is -2.99. The van der Waals surface area contributed by atoms with E-state index in [0.717, 1.165) is 16.3 Å². The molecule has 32 heavy (non-hydrogen) atoms. The van der Waals surface area contributed by atoms with Crippen molar-refractivity contribution in [3.63, 3.8) is 0 Å². The number of primary sulfonamides is 1. The van der Waals surface area contributed by atoms with Gasteiger partial charge in [0.15, 0.2) is 11.0 Å². The number of carbonyl (C=O) groups excluding carboxylic acids is 1. The monoisotopic (exact) mass is 485 g/mol. The maximum atomic E-state index is 12.4. The zero-order chi connectivity index (χ0) is 22.6. The summed E-state index contributed by atoms with van der Waals surface area (Å²) < 4.78 is 24.7. The van der Waals surface area contributed by atoms with Gasteiger partial charge in [-0.05, 0) is 41.3 Å². The Morgan fingerprint density at radius 2 is 1.78 bits per heavy atom. The lowest BCUT2D eigenvalue weighted by Crippen LogP contribution is -2.15. The number of hydrogen-bond donors (Lipinski definition) is 2. The van der Waals surface area contributed by atoms with Crippen LogP contribution in [0, 0.1) is 0 Å². The second-order valence-corrected chi connectivity index (χ2v) is 10.2. The molecule has 1 amide bonds. The summed E-state index contributed by atoms with van der Waals surface area (Å²) in [5.74, 6) is 0.629. The Morgan fingerprint density at radius 1 is 1.03 bits per heavy atom. The quantitative estimate of drug-likeness (QED) is 0.369. The first-order valence-electron chi connectivity index (χ1n) is 9.47. The van der Waals surface area contributed by atoms with E-state index >= 15 is 0 Å². The molecule has 164 valence electrons. The molecule has 0 unspecified atom stereocenters. The maximum Gasteiger partial charge on any atom is 0.238 e. The molecule has 0 aliphatic heterocycles. The zero-order valence-electron chi connectivity index (χ0n) is 16.7. The molecule has 0 atom stereocenters.